The predicted octanol–water partition coefficient (Wildman–Crippen LogP) is 4.52. The summed E-state index contributed by atoms with van der Waals surface area (Å²) in [5.74, 6) is 0. The van der Waals surface area contributed by atoms with Crippen molar-refractivity contribution in [2.24, 2.45) is 0 Å². The lowest BCUT2D eigenvalue weighted by atomic mass is 9.91. The first-order chi connectivity index (χ1) is 7.92. The van der Waals surface area contributed by atoms with Gasteiger partial charge in [-0.05, 0) is 45.4 Å². The molecule has 0 saturated carbocycles. The van der Waals surface area contributed by atoms with Crippen molar-refractivity contribution in [1.29, 1.82) is 0 Å². The van der Waals surface area contributed by atoms with Gasteiger partial charge in [0, 0.05) is 11.1 Å². The van der Waals surface area contributed by atoms with Gasteiger partial charge in [0.2, 0.25) is 0 Å². The lowest BCUT2D eigenvalue weighted by Crippen LogP contribution is -2.45. The molecule has 0 spiro atoms. The molecule has 1 aliphatic rings. The van der Waals surface area contributed by atoms with Crippen molar-refractivity contribution in [3.8, 4) is 0 Å². The average molecular weight is 233 g/mol. The molecule has 0 saturated heterocycles. The molecule has 1 aliphatic heterocycles. The van der Waals surface area contributed by atoms with E-state index in [0.29, 0.717) is 0 Å². The molecule has 0 aromatic heterocycles. The van der Waals surface area contributed by atoms with Crippen LogP contribution < -0.4 is 0 Å². The van der Waals surface area contributed by atoms with Gasteiger partial charge in [-0.25, -0.2) is 0 Å². The Morgan fingerprint density at radius 3 is 1.53 bits per heavy atom. The van der Waals surface area contributed by atoms with Crippen LogP contribution in [0.5, 0.6) is 0 Å². The maximum Gasteiger partial charge on any atom is 0.0416 e. The van der Waals surface area contributed by atoms with Crippen molar-refractivity contribution in [3.05, 3.63) is 35.4 Å². The molecule has 1 nitrogen and oxygen atoms in total. The van der Waals surface area contributed by atoms with Gasteiger partial charge >= 0.3 is 0 Å². The van der Waals surface area contributed by atoms with Crippen molar-refractivity contribution in [2.45, 2.75) is 59.5 Å². The van der Waals surface area contributed by atoms with Gasteiger partial charge in [0.05, 0.1) is 0 Å². The summed E-state index contributed by atoms with van der Waals surface area (Å²) in [6, 6.07) is 8.84. The number of nitrogens with zero attached hydrogens (tertiary/aromatic N) is 1. The number of hydrogen-bond donors (Lipinski definition) is 0. The number of hydrogen-bond acceptors (Lipinski definition) is 1. The van der Waals surface area contributed by atoms with E-state index in [1.165, 1.54) is 11.1 Å². The molecule has 0 radical (unpaired) electrons. The minimum Gasteiger partial charge on any atom is -0.285 e. The first-order valence-corrected chi connectivity index (χ1v) is 6.80. The summed E-state index contributed by atoms with van der Waals surface area (Å²) >= 11 is 0. The molecule has 0 atom stereocenters. The van der Waals surface area contributed by atoms with Crippen molar-refractivity contribution >= 4 is 0 Å². The summed E-state index contributed by atoms with van der Waals surface area (Å²) in [6.07, 6.45) is 0. The topological polar surface area (TPSA) is 3.24 Å². The van der Waals surface area contributed by atoms with E-state index in [1.807, 2.05) is 13.8 Å². The van der Waals surface area contributed by atoms with Crippen LogP contribution in [0.25, 0.3) is 0 Å². The number of benzene rings is 1. The Bertz CT molecular complexity index is 342. The fraction of sp³-hybridized carbons (Fsp3) is 0.625. The molecular formula is C16H27N. The smallest absolute Gasteiger partial charge is 0.0416 e. The largest absolute Gasteiger partial charge is 0.285 e. The minimum absolute atomic E-state index is 0.162. The molecule has 2 rings (SSSR count). The van der Waals surface area contributed by atoms with Crippen molar-refractivity contribution in [2.75, 3.05) is 6.54 Å². The van der Waals surface area contributed by atoms with E-state index in [9.17, 15) is 0 Å². The highest BCUT2D eigenvalue weighted by molar-refractivity contribution is 5.42. The summed E-state index contributed by atoms with van der Waals surface area (Å²) in [5, 5.41) is 0. The first kappa shape index (κ1) is 14.2. The summed E-state index contributed by atoms with van der Waals surface area (Å²) in [5.41, 5.74) is 3.29. The van der Waals surface area contributed by atoms with Gasteiger partial charge in [-0.3, -0.25) is 4.90 Å². The van der Waals surface area contributed by atoms with E-state index < -0.39 is 0 Å². The highest BCUT2D eigenvalue weighted by Crippen LogP contribution is 2.48. The molecule has 17 heavy (non-hydrogen) atoms. The van der Waals surface area contributed by atoms with Gasteiger partial charge < -0.3 is 0 Å². The van der Waals surface area contributed by atoms with Gasteiger partial charge in [0.15, 0.2) is 0 Å². The maximum absolute atomic E-state index is 2.57. The second-order valence-electron chi connectivity index (χ2n) is 5.41. The lowest BCUT2D eigenvalue weighted by molar-refractivity contribution is 0.0466. The Hall–Kier alpha value is -0.820. The highest BCUT2D eigenvalue weighted by atomic mass is 15.3. The van der Waals surface area contributed by atoms with Gasteiger partial charge in [-0.2, -0.15) is 0 Å². The van der Waals surface area contributed by atoms with Crippen LogP contribution in [0.2, 0.25) is 0 Å². The Balaban J connectivity index is 0.000000686. The van der Waals surface area contributed by atoms with E-state index in [2.05, 4.69) is 63.8 Å². The van der Waals surface area contributed by atoms with Crippen LogP contribution in [0.3, 0.4) is 0 Å². The van der Waals surface area contributed by atoms with Crippen LogP contribution in [0, 0.1) is 0 Å². The molecule has 0 aliphatic carbocycles. The number of fused-ring (bicyclic) bond motifs is 1. The van der Waals surface area contributed by atoms with Gasteiger partial charge in [0.25, 0.3) is 0 Å². The van der Waals surface area contributed by atoms with Crippen LogP contribution in [0.15, 0.2) is 24.3 Å². The van der Waals surface area contributed by atoms with Crippen LogP contribution >= 0.6 is 0 Å². The van der Waals surface area contributed by atoms with Crippen LogP contribution in [0.4, 0.5) is 0 Å². The average Bonchev–Trinajstić information content (AvgIpc) is 2.46. The van der Waals surface area contributed by atoms with E-state index >= 15 is 0 Å². The fourth-order valence-electron chi connectivity index (χ4n) is 3.33. The molecule has 1 heteroatoms. The quantitative estimate of drug-likeness (QED) is 0.689. The summed E-state index contributed by atoms with van der Waals surface area (Å²) in [7, 11) is 0. The zero-order valence-electron chi connectivity index (χ0n) is 12.5. The second kappa shape index (κ2) is 4.81. The molecule has 96 valence electrons. The van der Waals surface area contributed by atoms with Crippen molar-refractivity contribution in [3.63, 3.8) is 0 Å². The molecule has 1 aromatic rings. The summed E-state index contributed by atoms with van der Waals surface area (Å²) < 4.78 is 0. The van der Waals surface area contributed by atoms with Crippen LogP contribution in [-0.2, 0) is 11.1 Å². The van der Waals surface area contributed by atoms with E-state index in [0.717, 1.165) is 6.54 Å². The molecule has 0 fully saturated rings. The summed E-state index contributed by atoms with van der Waals surface area (Å²) in [6.45, 7) is 16.6. The predicted molar refractivity (Wildman–Crippen MR) is 76.2 cm³/mol. The molecule has 1 aromatic carbocycles. The first-order valence-electron chi connectivity index (χ1n) is 6.80. The van der Waals surface area contributed by atoms with Crippen LogP contribution in [-0.4, -0.2) is 11.4 Å². The molecular weight excluding hydrogens is 206 g/mol. The number of rotatable bonds is 1. The van der Waals surface area contributed by atoms with Crippen molar-refractivity contribution < 1.29 is 0 Å². The Morgan fingerprint density at radius 1 is 0.882 bits per heavy atom. The lowest BCUT2D eigenvalue weighted by Gasteiger charge is -2.40. The van der Waals surface area contributed by atoms with Crippen LogP contribution in [0.1, 0.15) is 59.6 Å². The SMILES string of the molecule is CC.CCN1C(C)(C)c2ccccc2C1(C)C. The van der Waals surface area contributed by atoms with E-state index in [4.69, 9.17) is 0 Å². The molecule has 1 heterocycles. The Kier molecular flexibility index (Phi) is 4.03. The van der Waals surface area contributed by atoms with E-state index in [1.54, 1.807) is 0 Å². The third-order valence-electron chi connectivity index (χ3n) is 3.91. The maximum atomic E-state index is 2.57. The minimum atomic E-state index is 0.162. The Morgan fingerprint density at radius 2 is 1.24 bits per heavy atom. The third-order valence-corrected chi connectivity index (χ3v) is 3.91. The highest BCUT2D eigenvalue weighted by Gasteiger charge is 2.47. The van der Waals surface area contributed by atoms with Gasteiger partial charge in [-0.15, -0.1) is 0 Å². The zero-order chi connectivity index (χ0) is 13.3. The third kappa shape index (κ3) is 2.01. The standard InChI is InChI=1S/C14H21N.C2H6/c1-6-15-13(2,3)11-9-7-8-10-12(11)14(15,4)5;1-2/h7-10H,6H2,1-5H3;1-2H3. The molecule has 0 bridgehead atoms. The normalized spacial score (nSPS) is 20.4. The van der Waals surface area contributed by atoms with E-state index in [-0.39, 0.29) is 11.1 Å². The van der Waals surface area contributed by atoms with Crippen molar-refractivity contribution in [1.82, 2.24) is 4.90 Å². The van der Waals surface area contributed by atoms with Gasteiger partial charge in [-0.1, -0.05) is 45.0 Å². The molecule has 0 unspecified atom stereocenters. The van der Waals surface area contributed by atoms with Gasteiger partial charge in [0.1, 0.15) is 0 Å². The Labute approximate surface area is 107 Å². The fourth-order valence-corrected chi connectivity index (χ4v) is 3.33. The molecule has 0 N–H and O–H groups in total. The zero-order valence-corrected chi connectivity index (χ0v) is 12.5. The molecule has 0 amide bonds. The summed E-state index contributed by atoms with van der Waals surface area (Å²) in [4.78, 5) is 2.57. The second-order valence-corrected chi connectivity index (χ2v) is 5.41. The monoisotopic (exact) mass is 233 g/mol.